The fraction of sp³-hybridized carbons (Fsp3) is 0.909. The molecule has 1 aliphatic carbocycles. The van der Waals surface area contributed by atoms with Crippen LogP contribution in [0.25, 0.3) is 0 Å². The van der Waals surface area contributed by atoms with Crippen LogP contribution in [0.15, 0.2) is 0 Å². The average Bonchev–Trinajstić information content (AvgIpc) is 2.63. The van der Waals surface area contributed by atoms with Crippen molar-refractivity contribution in [2.75, 3.05) is 19.0 Å². The SMILES string of the molecule is O=C(CCCl)N1CC2CCCC(F)(F)C2C1. The molecule has 2 nitrogen and oxygen atoms in total. The van der Waals surface area contributed by atoms with Gasteiger partial charge in [-0.15, -0.1) is 11.6 Å². The summed E-state index contributed by atoms with van der Waals surface area (Å²) in [4.78, 5) is 13.2. The van der Waals surface area contributed by atoms with Crippen LogP contribution in [0, 0.1) is 11.8 Å². The second-order valence-corrected chi connectivity index (χ2v) is 5.14. The van der Waals surface area contributed by atoms with Gasteiger partial charge in [0.2, 0.25) is 5.91 Å². The Morgan fingerprint density at radius 3 is 2.81 bits per heavy atom. The number of amides is 1. The molecule has 2 atom stereocenters. The van der Waals surface area contributed by atoms with Gasteiger partial charge in [0.1, 0.15) is 0 Å². The van der Waals surface area contributed by atoms with Crippen molar-refractivity contribution in [1.82, 2.24) is 4.90 Å². The Morgan fingerprint density at radius 1 is 1.44 bits per heavy atom. The third-order valence-corrected chi connectivity index (χ3v) is 3.92. The van der Waals surface area contributed by atoms with Crippen molar-refractivity contribution in [2.45, 2.75) is 31.6 Å². The minimum Gasteiger partial charge on any atom is -0.342 e. The number of halogens is 3. The quantitative estimate of drug-likeness (QED) is 0.691. The number of nitrogens with zero attached hydrogens (tertiary/aromatic N) is 1. The van der Waals surface area contributed by atoms with Gasteiger partial charge in [-0.1, -0.05) is 0 Å². The molecule has 2 rings (SSSR count). The van der Waals surface area contributed by atoms with Gasteiger partial charge in [-0.05, 0) is 18.8 Å². The van der Waals surface area contributed by atoms with E-state index in [1.807, 2.05) is 0 Å². The van der Waals surface area contributed by atoms with Crippen molar-refractivity contribution in [3.63, 3.8) is 0 Å². The lowest BCUT2D eigenvalue weighted by Crippen LogP contribution is -2.38. The first-order chi connectivity index (χ1) is 7.54. The number of alkyl halides is 3. The highest BCUT2D eigenvalue weighted by Crippen LogP contribution is 2.45. The van der Waals surface area contributed by atoms with E-state index < -0.39 is 11.8 Å². The summed E-state index contributed by atoms with van der Waals surface area (Å²) in [5, 5.41) is 0. The zero-order valence-electron chi connectivity index (χ0n) is 9.09. The van der Waals surface area contributed by atoms with Crippen LogP contribution in [-0.4, -0.2) is 35.7 Å². The summed E-state index contributed by atoms with van der Waals surface area (Å²) in [6.07, 6.45) is 1.63. The zero-order chi connectivity index (χ0) is 11.8. The Morgan fingerprint density at radius 2 is 2.19 bits per heavy atom. The largest absolute Gasteiger partial charge is 0.342 e. The van der Waals surface area contributed by atoms with Crippen LogP contribution >= 0.6 is 11.6 Å². The topological polar surface area (TPSA) is 20.3 Å². The second kappa shape index (κ2) is 4.47. The van der Waals surface area contributed by atoms with Crippen LogP contribution in [0.3, 0.4) is 0 Å². The Bertz CT molecular complexity index is 285. The fourth-order valence-corrected chi connectivity index (χ4v) is 3.03. The van der Waals surface area contributed by atoms with Crippen LogP contribution in [0.2, 0.25) is 0 Å². The molecule has 1 aliphatic heterocycles. The Hall–Kier alpha value is -0.380. The first-order valence-electron chi connectivity index (χ1n) is 5.76. The van der Waals surface area contributed by atoms with Crippen molar-refractivity contribution in [3.8, 4) is 0 Å². The van der Waals surface area contributed by atoms with Gasteiger partial charge in [-0.25, -0.2) is 8.78 Å². The molecule has 1 saturated carbocycles. The van der Waals surface area contributed by atoms with E-state index in [0.717, 1.165) is 6.42 Å². The van der Waals surface area contributed by atoms with Crippen LogP contribution in [0.5, 0.6) is 0 Å². The van der Waals surface area contributed by atoms with Crippen LogP contribution < -0.4 is 0 Å². The Labute approximate surface area is 98.9 Å². The minimum absolute atomic E-state index is 0.0111. The third kappa shape index (κ3) is 2.17. The summed E-state index contributed by atoms with van der Waals surface area (Å²) >= 11 is 5.49. The normalized spacial score (nSPS) is 32.6. The maximum absolute atomic E-state index is 13.6. The predicted octanol–water partition coefficient (Wildman–Crippen LogP) is 2.51. The van der Waals surface area contributed by atoms with Crippen molar-refractivity contribution in [2.24, 2.45) is 11.8 Å². The number of carbonyl (C=O) groups is 1. The van der Waals surface area contributed by atoms with Crippen molar-refractivity contribution in [3.05, 3.63) is 0 Å². The summed E-state index contributed by atoms with van der Waals surface area (Å²) in [6, 6.07) is 0. The van der Waals surface area contributed by atoms with E-state index in [2.05, 4.69) is 0 Å². The van der Waals surface area contributed by atoms with Gasteiger partial charge in [0.25, 0.3) is 5.92 Å². The molecule has 1 amide bonds. The number of hydrogen-bond acceptors (Lipinski definition) is 1. The predicted molar refractivity (Wildman–Crippen MR) is 57.7 cm³/mol. The fourth-order valence-electron chi connectivity index (χ4n) is 2.87. The lowest BCUT2D eigenvalue weighted by molar-refractivity contribution is -0.130. The molecule has 1 heterocycles. The van der Waals surface area contributed by atoms with Crippen LogP contribution in [0.4, 0.5) is 8.78 Å². The summed E-state index contributed by atoms with van der Waals surface area (Å²) < 4.78 is 27.2. The van der Waals surface area contributed by atoms with E-state index in [0.29, 0.717) is 13.0 Å². The van der Waals surface area contributed by atoms with Gasteiger partial charge in [0, 0.05) is 37.7 Å². The molecule has 0 bridgehead atoms. The molecule has 1 saturated heterocycles. The van der Waals surface area contributed by atoms with E-state index in [4.69, 9.17) is 11.6 Å². The standard InChI is InChI=1S/C11H16ClF2NO/c12-5-3-10(16)15-6-8-2-1-4-11(13,14)9(8)7-15/h8-9H,1-7H2. The van der Waals surface area contributed by atoms with Gasteiger partial charge in [0.15, 0.2) is 0 Å². The molecule has 0 radical (unpaired) electrons. The average molecular weight is 252 g/mol. The molecule has 0 N–H and O–H groups in total. The molecule has 0 aromatic rings. The van der Waals surface area contributed by atoms with Gasteiger partial charge < -0.3 is 4.90 Å². The van der Waals surface area contributed by atoms with E-state index >= 15 is 0 Å². The lowest BCUT2D eigenvalue weighted by atomic mass is 9.79. The highest BCUT2D eigenvalue weighted by atomic mass is 35.5. The van der Waals surface area contributed by atoms with Crippen molar-refractivity contribution < 1.29 is 13.6 Å². The summed E-state index contributed by atoms with van der Waals surface area (Å²) in [6.45, 7) is 0.712. The zero-order valence-corrected chi connectivity index (χ0v) is 9.85. The molecule has 92 valence electrons. The first-order valence-corrected chi connectivity index (χ1v) is 6.29. The van der Waals surface area contributed by atoms with E-state index in [-0.39, 0.29) is 37.1 Å². The molecule has 2 fully saturated rings. The maximum Gasteiger partial charge on any atom is 0.252 e. The number of fused-ring (bicyclic) bond motifs is 1. The maximum atomic E-state index is 13.6. The molecule has 0 aromatic carbocycles. The van der Waals surface area contributed by atoms with E-state index in [1.54, 1.807) is 4.90 Å². The third-order valence-electron chi connectivity index (χ3n) is 3.73. The van der Waals surface area contributed by atoms with Gasteiger partial charge >= 0.3 is 0 Å². The molecule has 2 unspecified atom stereocenters. The van der Waals surface area contributed by atoms with E-state index in [9.17, 15) is 13.6 Å². The first kappa shape index (κ1) is 12.1. The number of likely N-dealkylation sites (tertiary alicyclic amines) is 1. The molecule has 0 aromatic heterocycles. The van der Waals surface area contributed by atoms with Gasteiger partial charge in [-0.2, -0.15) is 0 Å². The number of carbonyl (C=O) groups excluding carboxylic acids is 1. The minimum atomic E-state index is -2.58. The van der Waals surface area contributed by atoms with Crippen molar-refractivity contribution >= 4 is 17.5 Å². The highest BCUT2D eigenvalue weighted by molar-refractivity contribution is 6.18. The molecule has 2 aliphatic rings. The Kier molecular flexibility index (Phi) is 3.38. The van der Waals surface area contributed by atoms with Gasteiger partial charge in [0.05, 0.1) is 0 Å². The molecule has 5 heteroatoms. The number of hydrogen-bond donors (Lipinski definition) is 0. The molecular formula is C11H16ClF2NO. The summed E-state index contributed by atoms with van der Waals surface area (Å²) in [5.41, 5.74) is 0. The van der Waals surface area contributed by atoms with Crippen LogP contribution in [0.1, 0.15) is 25.7 Å². The molecule has 0 spiro atoms. The number of rotatable bonds is 2. The smallest absolute Gasteiger partial charge is 0.252 e. The Balaban J connectivity index is 2.02. The lowest BCUT2D eigenvalue weighted by Gasteiger charge is -2.32. The van der Waals surface area contributed by atoms with Gasteiger partial charge in [-0.3, -0.25) is 4.79 Å². The van der Waals surface area contributed by atoms with E-state index in [1.165, 1.54) is 0 Å². The second-order valence-electron chi connectivity index (χ2n) is 4.76. The molecular weight excluding hydrogens is 236 g/mol. The highest BCUT2D eigenvalue weighted by Gasteiger charge is 2.51. The molecule has 16 heavy (non-hydrogen) atoms. The monoisotopic (exact) mass is 251 g/mol. The van der Waals surface area contributed by atoms with Crippen LogP contribution in [-0.2, 0) is 4.79 Å². The summed E-state index contributed by atoms with van der Waals surface area (Å²) in [5.74, 6) is -3.04. The van der Waals surface area contributed by atoms with Crippen molar-refractivity contribution in [1.29, 1.82) is 0 Å². The summed E-state index contributed by atoms with van der Waals surface area (Å²) in [7, 11) is 0.